The van der Waals surface area contributed by atoms with Crippen molar-refractivity contribution in [2.75, 3.05) is 22.8 Å². The minimum atomic E-state index is -3.20. The number of anilines is 2. The topological polar surface area (TPSA) is 58.2 Å². The van der Waals surface area contributed by atoms with Gasteiger partial charge in [-0.2, -0.15) is 0 Å². The highest BCUT2D eigenvalue weighted by Crippen LogP contribution is 2.43. The Morgan fingerprint density at radius 1 is 1.10 bits per heavy atom. The molecule has 108 valence electrons. The third-order valence-corrected chi connectivity index (χ3v) is 4.78. The van der Waals surface area contributed by atoms with Crippen molar-refractivity contribution in [2.45, 2.75) is 12.8 Å². The molecule has 4 nitrogen and oxygen atoms in total. The minimum Gasteiger partial charge on any atom is -0.385 e. The van der Waals surface area contributed by atoms with Crippen LogP contribution in [0.15, 0.2) is 36.4 Å². The predicted octanol–water partition coefficient (Wildman–Crippen LogP) is 2.68. The van der Waals surface area contributed by atoms with Crippen LogP contribution in [0.1, 0.15) is 12.8 Å². The van der Waals surface area contributed by atoms with Gasteiger partial charge in [0.15, 0.2) is 0 Å². The molecule has 0 aliphatic heterocycles. The maximum atomic E-state index is 11.1. The molecular weight excluding hydrogens is 272 g/mol. The van der Waals surface area contributed by atoms with E-state index in [2.05, 4.69) is 22.2 Å². The molecule has 2 aliphatic rings. The third kappa shape index (κ3) is 3.15. The van der Waals surface area contributed by atoms with Crippen LogP contribution in [0, 0.1) is 17.8 Å². The Kier molecular flexibility index (Phi) is 3.46. The Morgan fingerprint density at radius 2 is 1.80 bits per heavy atom. The Balaban J connectivity index is 1.55. The third-order valence-electron chi connectivity index (χ3n) is 4.17. The summed E-state index contributed by atoms with van der Waals surface area (Å²) in [5, 5.41) is 3.45. The van der Waals surface area contributed by atoms with Crippen LogP contribution in [0.5, 0.6) is 0 Å². The van der Waals surface area contributed by atoms with E-state index in [0.717, 1.165) is 36.2 Å². The fourth-order valence-electron chi connectivity index (χ4n) is 3.25. The molecule has 20 heavy (non-hydrogen) atoms. The molecule has 3 unspecified atom stereocenters. The molecule has 0 radical (unpaired) electrons. The molecule has 2 aliphatic carbocycles. The lowest BCUT2D eigenvalue weighted by atomic mass is 9.93. The zero-order valence-electron chi connectivity index (χ0n) is 11.5. The van der Waals surface area contributed by atoms with Crippen LogP contribution >= 0.6 is 0 Å². The largest absolute Gasteiger partial charge is 0.385 e. The summed E-state index contributed by atoms with van der Waals surface area (Å²) < 4.78 is 24.7. The van der Waals surface area contributed by atoms with Crippen LogP contribution in [0.4, 0.5) is 11.4 Å². The molecule has 2 N–H and O–H groups in total. The van der Waals surface area contributed by atoms with Gasteiger partial charge in [0.25, 0.3) is 0 Å². The van der Waals surface area contributed by atoms with Gasteiger partial charge in [-0.15, -0.1) is 0 Å². The van der Waals surface area contributed by atoms with Gasteiger partial charge in [0.1, 0.15) is 0 Å². The molecule has 3 rings (SSSR count). The molecule has 2 bridgehead atoms. The summed E-state index contributed by atoms with van der Waals surface area (Å²) in [5.41, 5.74) is 1.64. The average molecular weight is 292 g/mol. The lowest BCUT2D eigenvalue weighted by molar-refractivity contribution is 0.472. The molecule has 1 fully saturated rings. The van der Waals surface area contributed by atoms with Crippen LogP contribution < -0.4 is 10.0 Å². The Hall–Kier alpha value is -1.49. The van der Waals surface area contributed by atoms with Crippen molar-refractivity contribution in [3.63, 3.8) is 0 Å². The number of sulfonamides is 1. The summed E-state index contributed by atoms with van der Waals surface area (Å²) in [6, 6.07) is 7.39. The molecule has 1 aromatic rings. The number of hydrogen-bond donors (Lipinski definition) is 2. The van der Waals surface area contributed by atoms with Gasteiger partial charge in [-0.25, -0.2) is 8.42 Å². The van der Waals surface area contributed by atoms with Crippen molar-refractivity contribution in [3.05, 3.63) is 36.4 Å². The average Bonchev–Trinajstić information content (AvgIpc) is 2.98. The number of allylic oxidation sites excluding steroid dienone is 2. The zero-order valence-corrected chi connectivity index (χ0v) is 12.4. The summed E-state index contributed by atoms with van der Waals surface area (Å²) in [6.07, 6.45) is 8.49. The fraction of sp³-hybridized carbons (Fsp3) is 0.467. The van der Waals surface area contributed by atoms with Crippen molar-refractivity contribution < 1.29 is 8.42 Å². The second kappa shape index (κ2) is 5.13. The molecule has 0 aromatic heterocycles. The highest BCUT2D eigenvalue weighted by molar-refractivity contribution is 7.92. The Labute approximate surface area is 120 Å². The van der Waals surface area contributed by atoms with Crippen molar-refractivity contribution in [3.8, 4) is 0 Å². The van der Waals surface area contributed by atoms with Gasteiger partial charge in [0, 0.05) is 17.9 Å². The van der Waals surface area contributed by atoms with Crippen LogP contribution in [0.2, 0.25) is 0 Å². The van der Waals surface area contributed by atoms with Gasteiger partial charge >= 0.3 is 0 Å². The highest BCUT2D eigenvalue weighted by atomic mass is 32.2. The van der Waals surface area contributed by atoms with Gasteiger partial charge in [0.2, 0.25) is 10.0 Å². The van der Waals surface area contributed by atoms with E-state index >= 15 is 0 Å². The fourth-order valence-corrected chi connectivity index (χ4v) is 3.81. The van der Waals surface area contributed by atoms with Crippen molar-refractivity contribution >= 4 is 21.4 Å². The van der Waals surface area contributed by atoms with E-state index in [-0.39, 0.29) is 0 Å². The van der Waals surface area contributed by atoms with E-state index in [1.165, 1.54) is 12.8 Å². The van der Waals surface area contributed by atoms with E-state index in [1.54, 1.807) is 12.1 Å². The Morgan fingerprint density at radius 3 is 2.35 bits per heavy atom. The molecule has 0 spiro atoms. The number of hydrogen-bond acceptors (Lipinski definition) is 3. The van der Waals surface area contributed by atoms with Crippen LogP contribution in [0.3, 0.4) is 0 Å². The number of rotatable bonds is 5. The lowest BCUT2D eigenvalue weighted by Crippen LogP contribution is -2.18. The molecule has 5 heteroatoms. The van der Waals surface area contributed by atoms with E-state index in [0.29, 0.717) is 5.69 Å². The highest BCUT2D eigenvalue weighted by Gasteiger charge is 2.35. The van der Waals surface area contributed by atoms with Crippen LogP contribution in [-0.4, -0.2) is 21.2 Å². The second-order valence-corrected chi connectivity index (χ2v) is 7.62. The molecule has 3 atom stereocenters. The number of benzene rings is 1. The van der Waals surface area contributed by atoms with E-state index in [4.69, 9.17) is 0 Å². The molecular formula is C15H20N2O2S. The van der Waals surface area contributed by atoms with E-state index < -0.39 is 10.0 Å². The summed E-state index contributed by atoms with van der Waals surface area (Å²) in [7, 11) is -3.20. The lowest BCUT2D eigenvalue weighted by Gasteiger charge is -2.19. The maximum Gasteiger partial charge on any atom is 0.229 e. The van der Waals surface area contributed by atoms with Crippen LogP contribution in [-0.2, 0) is 10.0 Å². The quantitative estimate of drug-likeness (QED) is 0.820. The van der Waals surface area contributed by atoms with Crippen LogP contribution in [0.25, 0.3) is 0 Å². The number of fused-ring (bicyclic) bond motifs is 2. The molecule has 0 saturated heterocycles. The summed E-state index contributed by atoms with van der Waals surface area (Å²) >= 11 is 0. The standard InChI is InChI=1S/C15H20N2O2S/c1-20(18,19)17-15-6-4-14(5-7-15)16-10-13-9-11-2-3-12(13)8-11/h2-7,11-13,16-17H,8-10H2,1H3. The molecule has 0 heterocycles. The summed E-state index contributed by atoms with van der Waals surface area (Å²) in [4.78, 5) is 0. The van der Waals surface area contributed by atoms with Crippen molar-refractivity contribution in [2.24, 2.45) is 17.8 Å². The summed E-state index contributed by atoms with van der Waals surface area (Å²) in [6.45, 7) is 0.990. The van der Waals surface area contributed by atoms with E-state index in [9.17, 15) is 8.42 Å². The first kappa shape index (κ1) is 13.5. The smallest absolute Gasteiger partial charge is 0.229 e. The normalized spacial score (nSPS) is 27.8. The van der Waals surface area contributed by atoms with Gasteiger partial charge in [0.05, 0.1) is 6.26 Å². The predicted molar refractivity (Wildman–Crippen MR) is 82.2 cm³/mol. The van der Waals surface area contributed by atoms with Crippen molar-refractivity contribution in [1.82, 2.24) is 0 Å². The van der Waals surface area contributed by atoms with Gasteiger partial charge < -0.3 is 5.32 Å². The molecule has 1 aromatic carbocycles. The first-order valence-corrected chi connectivity index (χ1v) is 8.89. The zero-order chi connectivity index (χ0) is 14.2. The van der Waals surface area contributed by atoms with Gasteiger partial charge in [-0.05, 0) is 54.9 Å². The molecule has 1 saturated carbocycles. The van der Waals surface area contributed by atoms with Crippen molar-refractivity contribution in [1.29, 1.82) is 0 Å². The molecule has 0 amide bonds. The van der Waals surface area contributed by atoms with Gasteiger partial charge in [-0.3, -0.25) is 4.72 Å². The van der Waals surface area contributed by atoms with E-state index in [1.807, 2.05) is 12.1 Å². The minimum absolute atomic E-state index is 0.598. The number of nitrogens with one attached hydrogen (secondary N) is 2. The summed E-state index contributed by atoms with van der Waals surface area (Å²) in [5.74, 6) is 2.28. The first-order valence-electron chi connectivity index (χ1n) is 7.00. The second-order valence-electron chi connectivity index (χ2n) is 5.87. The maximum absolute atomic E-state index is 11.1. The van der Waals surface area contributed by atoms with Gasteiger partial charge in [-0.1, -0.05) is 12.2 Å². The SMILES string of the molecule is CS(=O)(=O)Nc1ccc(NCC2CC3C=CC2C3)cc1. The Bertz CT molecular complexity index is 607. The first-order chi connectivity index (χ1) is 9.49. The monoisotopic (exact) mass is 292 g/mol.